The molecule has 0 saturated heterocycles. The predicted molar refractivity (Wildman–Crippen MR) is 79.0 cm³/mol. The summed E-state index contributed by atoms with van der Waals surface area (Å²) < 4.78 is 5.43. The van der Waals surface area contributed by atoms with Gasteiger partial charge in [0.05, 0.1) is 6.10 Å². The molecule has 2 aromatic rings. The van der Waals surface area contributed by atoms with E-state index >= 15 is 0 Å². The molecule has 1 aromatic carbocycles. The summed E-state index contributed by atoms with van der Waals surface area (Å²) in [7, 11) is 0. The molecule has 20 heavy (non-hydrogen) atoms. The molecule has 1 heterocycles. The molecule has 106 valence electrons. The maximum absolute atomic E-state index is 11.7. The minimum atomic E-state index is -0.677. The molecule has 0 aliphatic rings. The third kappa shape index (κ3) is 4.08. The maximum Gasteiger partial charge on any atom is 0.258 e. The molecule has 0 bridgehead atoms. The van der Waals surface area contributed by atoms with E-state index in [1.165, 1.54) is 11.3 Å². The summed E-state index contributed by atoms with van der Waals surface area (Å²) in [6, 6.07) is 9.36. The van der Waals surface area contributed by atoms with Gasteiger partial charge in [0.1, 0.15) is 5.75 Å². The van der Waals surface area contributed by atoms with E-state index in [4.69, 9.17) is 4.74 Å². The molecule has 5 heteroatoms. The first kappa shape index (κ1) is 14.6. The van der Waals surface area contributed by atoms with Crippen molar-refractivity contribution in [2.24, 2.45) is 0 Å². The number of amides is 1. The highest BCUT2D eigenvalue weighted by Gasteiger charge is 2.10. The Morgan fingerprint density at radius 3 is 2.90 bits per heavy atom. The molecule has 2 rings (SSSR count). The molecule has 0 fully saturated rings. The van der Waals surface area contributed by atoms with Gasteiger partial charge in [-0.3, -0.25) is 4.79 Å². The zero-order valence-corrected chi connectivity index (χ0v) is 12.0. The average molecular weight is 291 g/mol. The number of carbonyl (C=O) groups excluding carboxylic acids is 1. The SMILES string of the molecule is Cc1ccccc1OCC(=O)NCC(O)c1ccsc1. The van der Waals surface area contributed by atoms with Crippen molar-refractivity contribution in [3.63, 3.8) is 0 Å². The first-order valence-corrected chi connectivity index (χ1v) is 7.26. The number of hydrogen-bond acceptors (Lipinski definition) is 4. The normalized spacial score (nSPS) is 11.9. The summed E-state index contributed by atoms with van der Waals surface area (Å²) in [5.41, 5.74) is 1.80. The van der Waals surface area contributed by atoms with Crippen LogP contribution in [0.3, 0.4) is 0 Å². The molecular weight excluding hydrogens is 274 g/mol. The molecule has 2 N–H and O–H groups in total. The lowest BCUT2D eigenvalue weighted by atomic mass is 10.2. The fourth-order valence-corrected chi connectivity index (χ4v) is 2.41. The molecule has 0 radical (unpaired) electrons. The number of aryl methyl sites for hydroxylation is 1. The van der Waals surface area contributed by atoms with Crippen molar-refractivity contribution in [3.05, 3.63) is 52.2 Å². The predicted octanol–water partition coefficient (Wildman–Crippen LogP) is 2.29. The fourth-order valence-electron chi connectivity index (χ4n) is 1.71. The van der Waals surface area contributed by atoms with Crippen LogP contribution in [0, 0.1) is 6.92 Å². The van der Waals surface area contributed by atoms with Crippen LogP contribution in [0.2, 0.25) is 0 Å². The molecule has 4 nitrogen and oxygen atoms in total. The lowest BCUT2D eigenvalue weighted by Crippen LogP contribution is -2.32. The van der Waals surface area contributed by atoms with Gasteiger partial charge in [0.15, 0.2) is 6.61 Å². The van der Waals surface area contributed by atoms with Crippen LogP contribution in [0.15, 0.2) is 41.1 Å². The smallest absolute Gasteiger partial charge is 0.258 e. The van der Waals surface area contributed by atoms with Gasteiger partial charge in [0.25, 0.3) is 5.91 Å². The number of ether oxygens (including phenoxy) is 1. The summed E-state index contributed by atoms with van der Waals surface area (Å²) in [6.07, 6.45) is -0.677. The topological polar surface area (TPSA) is 58.6 Å². The summed E-state index contributed by atoms with van der Waals surface area (Å²) >= 11 is 1.51. The van der Waals surface area contributed by atoms with Crippen LogP contribution in [0.25, 0.3) is 0 Å². The van der Waals surface area contributed by atoms with Gasteiger partial charge < -0.3 is 15.2 Å². The second-order valence-corrected chi connectivity index (χ2v) is 5.21. The van der Waals surface area contributed by atoms with E-state index < -0.39 is 6.10 Å². The Morgan fingerprint density at radius 1 is 1.40 bits per heavy atom. The molecule has 1 atom stereocenters. The average Bonchev–Trinajstić information content (AvgIpc) is 2.98. The van der Waals surface area contributed by atoms with Gasteiger partial charge in [0.2, 0.25) is 0 Å². The minimum absolute atomic E-state index is 0.0544. The van der Waals surface area contributed by atoms with Crippen LogP contribution in [0.1, 0.15) is 17.2 Å². The van der Waals surface area contributed by atoms with E-state index in [2.05, 4.69) is 5.32 Å². The van der Waals surface area contributed by atoms with E-state index in [1.54, 1.807) is 0 Å². The first-order valence-electron chi connectivity index (χ1n) is 6.32. The molecule has 1 aromatic heterocycles. The van der Waals surface area contributed by atoms with E-state index in [0.717, 1.165) is 11.1 Å². The Labute approximate surface area is 122 Å². The van der Waals surface area contributed by atoms with Gasteiger partial charge in [-0.25, -0.2) is 0 Å². The van der Waals surface area contributed by atoms with Crippen LogP contribution in [0.5, 0.6) is 5.75 Å². The highest BCUT2D eigenvalue weighted by Crippen LogP contribution is 2.16. The van der Waals surface area contributed by atoms with Crippen LogP contribution in [-0.4, -0.2) is 24.2 Å². The molecule has 0 aliphatic heterocycles. The van der Waals surface area contributed by atoms with Crippen LogP contribution < -0.4 is 10.1 Å². The number of rotatable bonds is 6. The summed E-state index contributed by atoms with van der Waals surface area (Å²) in [4.78, 5) is 11.7. The van der Waals surface area contributed by atoms with Crippen molar-refractivity contribution in [1.29, 1.82) is 0 Å². The number of nitrogens with one attached hydrogen (secondary N) is 1. The van der Waals surface area contributed by atoms with E-state index in [9.17, 15) is 9.90 Å². The van der Waals surface area contributed by atoms with Gasteiger partial charge in [0, 0.05) is 6.54 Å². The van der Waals surface area contributed by atoms with Crippen molar-refractivity contribution < 1.29 is 14.6 Å². The van der Waals surface area contributed by atoms with Gasteiger partial charge in [-0.05, 0) is 40.9 Å². The van der Waals surface area contributed by atoms with Gasteiger partial charge in [-0.1, -0.05) is 18.2 Å². The van der Waals surface area contributed by atoms with Crippen molar-refractivity contribution in [2.75, 3.05) is 13.2 Å². The van der Waals surface area contributed by atoms with Crippen molar-refractivity contribution in [3.8, 4) is 5.75 Å². The quantitative estimate of drug-likeness (QED) is 0.858. The summed E-state index contributed by atoms with van der Waals surface area (Å²) in [6.45, 7) is 2.06. The van der Waals surface area contributed by atoms with Crippen LogP contribution >= 0.6 is 11.3 Å². The fraction of sp³-hybridized carbons (Fsp3) is 0.267. The van der Waals surface area contributed by atoms with Crippen LogP contribution in [0.4, 0.5) is 0 Å². The van der Waals surface area contributed by atoms with Crippen molar-refractivity contribution in [2.45, 2.75) is 13.0 Å². The second kappa shape index (κ2) is 7.07. The zero-order chi connectivity index (χ0) is 14.4. The number of thiophene rings is 1. The largest absolute Gasteiger partial charge is 0.484 e. The van der Waals surface area contributed by atoms with E-state index in [0.29, 0.717) is 5.75 Å². The number of carbonyl (C=O) groups is 1. The highest BCUT2D eigenvalue weighted by atomic mass is 32.1. The number of benzene rings is 1. The standard InChI is InChI=1S/C15H17NO3S/c1-11-4-2-3-5-14(11)19-9-15(18)16-8-13(17)12-6-7-20-10-12/h2-7,10,13,17H,8-9H2,1H3,(H,16,18). The number of aliphatic hydroxyl groups is 1. The monoisotopic (exact) mass is 291 g/mol. The lowest BCUT2D eigenvalue weighted by molar-refractivity contribution is -0.123. The number of aliphatic hydroxyl groups excluding tert-OH is 1. The Kier molecular flexibility index (Phi) is 5.15. The van der Waals surface area contributed by atoms with Gasteiger partial charge >= 0.3 is 0 Å². The number of hydrogen-bond donors (Lipinski definition) is 2. The summed E-state index contributed by atoms with van der Waals surface area (Å²) in [5, 5.41) is 16.2. The van der Waals surface area contributed by atoms with Crippen LogP contribution in [-0.2, 0) is 4.79 Å². The lowest BCUT2D eigenvalue weighted by Gasteiger charge is -2.12. The van der Waals surface area contributed by atoms with Gasteiger partial charge in [-0.2, -0.15) is 11.3 Å². The Balaban J connectivity index is 1.75. The Morgan fingerprint density at radius 2 is 2.20 bits per heavy atom. The molecule has 0 aliphatic carbocycles. The zero-order valence-electron chi connectivity index (χ0n) is 11.2. The Hall–Kier alpha value is -1.85. The number of para-hydroxylation sites is 1. The minimum Gasteiger partial charge on any atom is -0.484 e. The second-order valence-electron chi connectivity index (χ2n) is 4.43. The maximum atomic E-state index is 11.7. The molecule has 1 unspecified atom stereocenters. The third-order valence-corrected chi connectivity index (χ3v) is 3.57. The third-order valence-electron chi connectivity index (χ3n) is 2.87. The Bertz CT molecular complexity index is 554. The van der Waals surface area contributed by atoms with Gasteiger partial charge in [-0.15, -0.1) is 0 Å². The summed E-state index contributed by atoms with van der Waals surface area (Å²) in [5.74, 6) is 0.448. The molecule has 0 saturated carbocycles. The highest BCUT2D eigenvalue weighted by molar-refractivity contribution is 7.07. The van der Waals surface area contributed by atoms with E-state index in [1.807, 2.05) is 48.0 Å². The van der Waals surface area contributed by atoms with Crippen molar-refractivity contribution >= 4 is 17.2 Å². The van der Waals surface area contributed by atoms with E-state index in [-0.39, 0.29) is 19.1 Å². The molecular formula is C15H17NO3S. The van der Waals surface area contributed by atoms with Crippen molar-refractivity contribution in [1.82, 2.24) is 5.32 Å². The first-order chi connectivity index (χ1) is 9.66. The molecule has 0 spiro atoms. The molecule has 1 amide bonds.